The smallest absolute Gasteiger partial charge is 0.235 e. The van der Waals surface area contributed by atoms with Crippen molar-refractivity contribution in [2.75, 3.05) is 5.73 Å². The number of hydrogen-bond acceptors (Lipinski definition) is 3. The van der Waals surface area contributed by atoms with E-state index in [4.69, 9.17) is 5.73 Å². The average molecular weight is 224 g/mol. The van der Waals surface area contributed by atoms with Gasteiger partial charge in [-0.2, -0.15) is 0 Å². The van der Waals surface area contributed by atoms with Crippen LogP contribution >= 0.6 is 0 Å². The van der Waals surface area contributed by atoms with Crippen molar-refractivity contribution >= 4 is 11.6 Å². The quantitative estimate of drug-likeness (QED) is 0.690. The minimum absolute atomic E-state index is 0.622. The summed E-state index contributed by atoms with van der Waals surface area (Å²) in [4.78, 5) is 8.62. The second kappa shape index (κ2) is 3.59. The number of nitrogens with two attached hydrogens (primary N) is 1. The lowest BCUT2D eigenvalue weighted by molar-refractivity contribution is 1.12. The molecule has 0 atom stereocenters. The number of aryl methyl sites for hydroxylation is 1. The molecule has 3 rings (SSSR count). The van der Waals surface area contributed by atoms with Gasteiger partial charge in [0.25, 0.3) is 0 Å². The van der Waals surface area contributed by atoms with E-state index < -0.39 is 0 Å². The maximum atomic E-state index is 6.07. The predicted molar refractivity (Wildman–Crippen MR) is 67.6 cm³/mol. The number of rotatable bonds is 1. The Morgan fingerprint density at radius 3 is 2.65 bits per heavy atom. The van der Waals surface area contributed by atoms with E-state index in [9.17, 15) is 0 Å². The summed E-state index contributed by atoms with van der Waals surface area (Å²) in [5.74, 6) is 1.25. The molecule has 3 aromatic rings. The Kier molecular flexibility index (Phi) is 2.08. The molecule has 0 aliphatic rings. The summed E-state index contributed by atoms with van der Waals surface area (Å²) in [6.45, 7) is 2.05. The van der Waals surface area contributed by atoms with Gasteiger partial charge in [0.15, 0.2) is 0 Å². The zero-order valence-corrected chi connectivity index (χ0v) is 9.46. The minimum atomic E-state index is 0.622. The summed E-state index contributed by atoms with van der Waals surface area (Å²) in [6.07, 6.45) is 3.57. The Labute approximate surface area is 98.8 Å². The van der Waals surface area contributed by atoms with Crippen LogP contribution in [0.5, 0.6) is 0 Å². The van der Waals surface area contributed by atoms with E-state index in [1.165, 1.54) is 5.56 Å². The second-order valence-electron chi connectivity index (χ2n) is 4.00. The van der Waals surface area contributed by atoms with Gasteiger partial charge in [-0.1, -0.05) is 29.8 Å². The maximum absolute atomic E-state index is 6.07. The number of aromatic nitrogens is 3. The first-order valence-corrected chi connectivity index (χ1v) is 5.41. The molecule has 0 bridgehead atoms. The number of imidazole rings is 1. The molecule has 4 nitrogen and oxygen atoms in total. The third kappa shape index (κ3) is 1.54. The molecule has 0 spiro atoms. The molecule has 17 heavy (non-hydrogen) atoms. The SMILES string of the molecule is Cc1ccc(-c2nc3ncccn3c2N)cc1. The van der Waals surface area contributed by atoms with E-state index in [0.717, 1.165) is 11.3 Å². The third-order valence-corrected chi connectivity index (χ3v) is 2.77. The van der Waals surface area contributed by atoms with Gasteiger partial charge in [0, 0.05) is 18.0 Å². The van der Waals surface area contributed by atoms with E-state index in [-0.39, 0.29) is 0 Å². The van der Waals surface area contributed by atoms with Crippen LogP contribution in [-0.2, 0) is 0 Å². The van der Waals surface area contributed by atoms with Crippen LogP contribution in [0.25, 0.3) is 17.0 Å². The second-order valence-corrected chi connectivity index (χ2v) is 4.00. The van der Waals surface area contributed by atoms with Gasteiger partial charge in [-0.25, -0.2) is 9.97 Å². The van der Waals surface area contributed by atoms with Crippen LogP contribution < -0.4 is 5.73 Å². The van der Waals surface area contributed by atoms with Gasteiger partial charge >= 0.3 is 0 Å². The summed E-state index contributed by atoms with van der Waals surface area (Å²) in [7, 11) is 0. The fourth-order valence-corrected chi connectivity index (χ4v) is 1.83. The molecule has 0 saturated carbocycles. The van der Waals surface area contributed by atoms with Crippen molar-refractivity contribution in [1.82, 2.24) is 14.4 Å². The Morgan fingerprint density at radius 2 is 1.94 bits per heavy atom. The Balaban J connectivity index is 2.24. The lowest BCUT2D eigenvalue weighted by Crippen LogP contribution is -1.94. The highest BCUT2D eigenvalue weighted by atomic mass is 15.1. The molecule has 2 aromatic heterocycles. The summed E-state index contributed by atoms with van der Waals surface area (Å²) >= 11 is 0. The number of hydrogen-bond donors (Lipinski definition) is 1. The molecule has 0 fully saturated rings. The molecule has 0 amide bonds. The van der Waals surface area contributed by atoms with Gasteiger partial charge in [0.2, 0.25) is 5.78 Å². The first-order valence-electron chi connectivity index (χ1n) is 5.41. The fourth-order valence-electron chi connectivity index (χ4n) is 1.83. The van der Waals surface area contributed by atoms with Crippen molar-refractivity contribution in [2.24, 2.45) is 0 Å². The average Bonchev–Trinajstić information content (AvgIpc) is 2.69. The van der Waals surface area contributed by atoms with Crippen molar-refractivity contribution < 1.29 is 0 Å². The topological polar surface area (TPSA) is 56.2 Å². The molecule has 4 heteroatoms. The number of fused-ring (bicyclic) bond motifs is 1. The van der Waals surface area contributed by atoms with Crippen LogP contribution in [0.15, 0.2) is 42.7 Å². The Bertz CT molecular complexity index is 667. The van der Waals surface area contributed by atoms with E-state index in [1.54, 1.807) is 10.6 Å². The zero-order valence-electron chi connectivity index (χ0n) is 9.46. The minimum Gasteiger partial charge on any atom is -0.383 e. The molecular formula is C13H12N4. The van der Waals surface area contributed by atoms with Crippen LogP contribution in [0.1, 0.15) is 5.56 Å². The molecule has 2 N–H and O–H groups in total. The van der Waals surface area contributed by atoms with Crippen LogP contribution in [0, 0.1) is 6.92 Å². The van der Waals surface area contributed by atoms with Crippen LogP contribution in [0.4, 0.5) is 5.82 Å². The van der Waals surface area contributed by atoms with Crippen LogP contribution in [0.3, 0.4) is 0 Å². The highest BCUT2D eigenvalue weighted by molar-refractivity contribution is 5.73. The van der Waals surface area contributed by atoms with Crippen molar-refractivity contribution in [2.45, 2.75) is 6.92 Å². The lowest BCUT2D eigenvalue weighted by atomic mass is 10.1. The van der Waals surface area contributed by atoms with Crippen LogP contribution in [-0.4, -0.2) is 14.4 Å². The van der Waals surface area contributed by atoms with Gasteiger partial charge in [0.05, 0.1) is 0 Å². The van der Waals surface area contributed by atoms with Gasteiger partial charge < -0.3 is 5.73 Å². The molecule has 2 heterocycles. The van der Waals surface area contributed by atoms with Gasteiger partial charge in [-0.05, 0) is 13.0 Å². The molecule has 84 valence electrons. The van der Waals surface area contributed by atoms with Crippen molar-refractivity contribution in [3.05, 3.63) is 48.3 Å². The van der Waals surface area contributed by atoms with Crippen molar-refractivity contribution in [3.8, 4) is 11.3 Å². The first kappa shape index (κ1) is 9.84. The fraction of sp³-hybridized carbons (Fsp3) is 0.0769. The highest BCUT2D eigenvalue weighted by Crippen LogP contribution is 2.25. The number of benzene rings is 1. The van der Waals surface area contributed by atoms with E-state index >= 15 is 0 Å². The number of nitrogens with zero attached hydrogens (tertiary/aromatic N) is 3. The molecule has 0 aliphatic heterocycles. The molecular weight excluding hydrogens is 212 g/mol. The molecule has 1 aromatic carbocycles. The van der Waals surface area contributed by atoms with Crippen molar-refractivity contribution in [1.29, 1.82) is 0 Å². The monoisotopic (exact) mass is 224 g/mol. The Morgan fingerprint density at radius 1 is 1.18 bits per heavy atom. The van der Waals surface area contributed by atoms with E-state index in [0.29, 0.717) is 11.6 Å². The predicted octanol–water partition coefficient (Wildman–Crippen LogP) is 2.29. The van der Waals surface area contributed by atoms with E-state index in [1.807, 2.05) is 36.5 Å². The van der Waals surface area contributed by atoms with Gasteiger partial charge in [-0.3, -0.25) is 4.40 Å². The standard InChI is InChI=1S/C13H12N4/c1-9-3-5-10(6-4-9)11-12(14)17-8-2-7-15-13(17)16-11/h2-8H,14H2,1H3. The molecule has 0 radical (unpaired) electrons. The summed E-state index contributed by atoms with van der Waals surface area (Å²) in [6, 6.07) is 9.98. The molecule has 0 aliphatic carbocycles. The van der Waals surface area contributed by atoms with E-state index in [2.05, 4.69) is 16.9 Å². The summed E-state index contributed by atoms with van der Waals surface area (Å²) < 4.78 is 1.79. The summed E-state index contributed by atoms with van der Waals surface area (Å²) in [5.41, 5.74) is 9.08. The first-order chi connectivity index (χ1) is 8.25. The third-order valence-electron chi connectivity index (χ3n) is 2.77. The highest BCUT2D eigenvalue weighted by Gasteiger charge is 2.10. The van der Waals surface area contributed by atoms with Gasteiger partial charge in [0.1, 0.15) is 11.5 Å². The number of nitrogen functional groups attached to an aromatic ring is 1. The lowest BCUT2D eigenvalue weighted by Gasteiger charge is -1.99. The largest absolute Gasteiger partial charge is 0.383 e. The zero-order chi connectivity index (χ0) is 11.8. The summed E-state index contributed by atoms with van der Waals surface area (Å²) in [5, 5.41) is 0. The number of anilines is 1. The van der Waals surface area contributed by atoms with Crippen molar-refractivity contribution in [3.63, 3.8) is 0 Å². The van der Waals surface area contributed by atoms with Gasteiger partial charge in [-0.15, -0.1) is 0 Å². The maximum Gasteiger partial charge on any atom is 0.235 e. The normalized spacial score (nSPS) is 10.9. The molecule has 0 saturated heterocycles. The molecule has 0 unspecified atom stereocenters. The van der Waals surface area contributed by atoms with Crippen LogP contribution in [0.2, 0.25) is 0 Å². The Hall–Kier alpha value is -2.36.